The van der Waals surface area contributed by atoms with E-state index in [-0.39, 0.29) is 29.9 Å². The first-order chi connectivity index (χ1) is 13.0. The lowest BCUT2D eigenvalue weighted by molar-refractivity contribution is -0.130. The zero-order valence-corrected chi connectivity index (χ0v) is 19.8. The van der Waals surface area contributed by atoms with Crippen molar-refractivity contribution in [3.63, 3.8) is 0 Å². The first-order valence-corrected chi connectivity index (χ1v) is 9.59. The lowest BCUT2D eigenvalue weighted by atomic mass is 10.1. The van der Waals surface area contributed by atoms with Gasteiger partial charge in [0.15, 0.2) is 5.96 Å². The number of hydrogen-bond donors (Lipinski definition) is 2. The molecule has 0 aromatic heterocycles. The van der Waals surface area contributed by atoms with Crippen molar-refractivity contribution in [1.29, 1.82) is 0 Å². The minimum Gasteiger partial charge on any atom is -0.496 e. The molecule has 2 rings (SSSR count). The van der Waals surface area contributed by atoms with Crippen molar-refractivity contribution >= 4 is 35.8 Å². The molecule has 28 heavy (non-hydrogen) atoms. The highest BCUT2D eigenvalue weighted by atomic mass is 127. The quantitative estimate of drug-likeness (QED) is 0.336. The van der Waals surface area contributed by atoms with Gasteiger partial charge in [-0.05, 0) is 25.0 Å². The first-order valence-electron chi connectivity index (χ1n) is 9.59. The topological polar surface area (TPSA) is 69.2 Å². The summed E-state index contributed by atoms with van der Waals surface area (Å²) < 4.78 is 5.43. The summed E-state index contributed by atoms with van der Waals surface area (Å²) in [6.45, 7) is 9.79. The molecule has 1 aliphatic rings. The number of methoxy groups -OCH3 is 1. The zero-order chi connectivity index (χ0) is 19.6. The van der Waals surface area contributed by atoms with Crippen LogP contribution in [0.25, 0.3) is 0 Å². The van der Waals surface area contributed by atoms with Crippen LogP contribution in [0.4, 0.5) is 0 Å². The number of amides is 1. The van der Waals surface area contributed by atoms with Gasteiger partial charge in [0.1, 0.15) is 5.75 Å². The molecule has 1 aliphatic heterocycles. The zero-order valence-electron chi connectivity index (χ0n) is 17.5. The van der Waals surface area contributed by atoms with Gasteiger partial charge in [-0.1, -0.05) is 17.7 Å². The predicted molar refractivity (Wildman–Crippen MR) is 125 cm³/mol. The van der Waals surface area contributed by atoms with E-state index in [2.05, 4.69) is 39.6 Å². The number of rotatable bonds is 7. The number of nitrogens with one attached hydrogen (secondary N) is 2. The highest BCUT2D eigenvalue weighted by Crippen LogP contribution is 2.19. The number of carbonyl (C=O) groups excluding carboxylic acids is 1. The Hall–Kier alpha value is -1.55. The largest absolute Gasteiger partial charge is 0.496 e. The molecule has 8 heteroatoms. The van der Waals surface area contributed by atoms with Crippen LogP contribution >= 0.6 is 24.0 Å². The smallest absolute Gasteiger partial charge is 0.219 e. The number of halogens is 1. The molecular weight excluding hydrogens is 469 g/mol. The molecular formula is C20H34IN5O2. The fraction of sp³-hybridized carbons (Fsp3) is 0.600. The summed E-state index contributed by atoms with van der Waals surface area (Å²) in [5.41, 5.74) is 2.43. The van der Waals surface area contributed by atoms with E-state index in [9.17, 15) is 4.79 Å². The van der Waals surface area contributed by atoms with E-state index in [1.165, 1.54) is 11.1 Å². The molecule has 0 spiro atoms. The summed E-state index contributed by atoms with van der Waals surface area (Å²) in [5.74, 6) is 1.90. The molecule has 0 saturated carbocycles. The summed E-state index contributed by atoms with van der Waals surface area (Å²) in [6.07, 6.45) is 0.874. The van der Waals surface area contributed by atoms with E-state index in [0.717, 1.165) is 63.9 Å². The van der Waals surface area contributed by atoms with E-state index in [1.54, 1.807) is 21.1 Å². The predicted octanol–water partition coefficient (Wildman–Crippen LogP) is 1.49. The van der Waals surface area contributed by atoms with Crippen LogP contribution in [0.15, 0.2) is 23.2 Å². The summed E-state index contributed by atoms with van der Waals surface area (Å²) >= 11 is 0. The average molecular weight is 503 g/mol. The average Bonchev–Trinajstić information content (AvgIpc) is 2.67. The van der Waals surface area contributed by atoms with Gasteiger partial charge in [-0.3, -0.25) is 14.7 Å². The van der Waals surface area contributed by atoms with Gasteiger partial charge < -0.3 is 20.3 Å². The lowest BCUT2D eigenvalue weighted by Crippen LogP contribution is -2.50. The Balaban J connectivity index is 0.00000392. The molecule has 1 saturated heterocycles. The van der Waals surface area contributed by atoms with Crippen molar-refractivity contribution in [2.75, 3.05) is 60.0 Å². The second kappa shape index (κ2) is 12.8. The van der Waals surface area contributed by atoms with Crippen LogP contribution in [0.5, 0.6) is 5.75 Å². The molecule has 1 heterocycles. The van der Waals surface area contributed by atoms with Crippen molar-refractivity contribution in [3.05, 3.63) is 29.3 Å². The summed E-state index contributed by atoms with van der Waals surface area (Å²) in [6, 6.07) is 6.24. The van der Waals surface area contributed by atoms with Crippen molar-refractivity contribution in [1.82, 2.24) is 20.4 Å². The molecule has 1 fully saturated rings. The fourth-order valence-electron chi connectivity index (χ4n) is 3.26. The molecule has 1 aromatic rings. The summed E-state index contributed by atoms with van der Waals surface area (Å²) in [7, 11) is 3.49. The van der Waals surface area contributed by atoms with Gasteiger partial charge in [0.25, 0.3) is 0 Å². The van der Waals surface area contributed by atoms with E-state index in [0.29, 0.717) is 0 Å². The van der Waals surface area contributed by atoms with Crippen LogP contribution in [0, 0.1) is 6.92 Å². The molecule has 0 bridgehead atoms. The van der Waals surface area contributed by atoms with Crippen LogP contribution < -0.4 is 15.4 Å². The third-order valence-electron chi connectivity index (χ3n) is 4.88. The SMILES string of the molecule is CN=C(NCCc1cc(C)ccc1OC)NCCN1CCN(C(C)=O)CC1.I. The number of benzene rings is 1. The van der Waals surface area contributed by atoms with Crippen molar-refractivity contribution in [3.8, 4) is 5.75 Å². The molecule has 0 atom stereocenters. The Morgan fingerprint density at radius 1 is 1.18 bits per heavy atom. The van der Waals surface area contributed by atoms with Gasteiger partial charge in [-0.2, -0.15) is 0 Å². The fourth-order valence-corrected chi connectivity index (χ4v) is 3.26. The molecule has 2 N–H and O–H groups in total. The number of carbonyl (C=O) groups is 1. The third kappa shape index (κ3) is 7.83. The maximum atomic E-state index is 11.4. The molecule has 0 radical (unpaired) electrons. The van der Waals surface area contributed by atoms with Gasteiger partial charge in [-0.15, -0.1) is 24.0 Å². The number of ether oxygens (including phenoxy) is 1. The van der Waals surface area contributed by atoms with E-state index in [1.807, 2.05) is 11.0 Å². The highest BCUT2D eigenvalue weighted by Gasteiger charge is 2.17. The Kier molecular flexibility index (Phi) is 11.2. The molecule has 0 aliphatic carbocycles. The monoisotopic (exact) mass is 503 g/mol. The number of hydrogen-bond acceptors (Lipinski definition) is 4. The van der Waals surface area contributed by atoms with Gasteiger partial charge >= 0.3 is 0 Å². The van der Waals surface area contributed by atoms with E-state index in [4.69, 9.17) is 4.74 Å². The second-order valence-corrected chi connectivity index (χ2v) is 6.84. The second-order valence-electron chi connectivity index (χ2n) is 6.84. The van der Waals surface area contributed by atoms with Crippen molar-refractivity contribution in [2.45, 2.75) is 20.3 Å². The summed E-state index contributed by atoms with van der Waals surface area (Å²) in [5, 5.41) is 6.72. The number of aryl methyl sites for hydroxylation is 1. The molecule has 7 nitrogen and oxygen atoms in total. The molecule has 158 valence electrons. The van der Waals surface area contributed by atoms with Crippen LogP contribution in [0.3, 0.4) is 0 Å². The molecule has 1 amide bonds. The molecule has 0 unspecified atom stereocenters. The van der Waals surface area contributed by atoms with Crippen molar-refractivity contribution < 1.29 is 9.53 Å². The summed E-state index contributed by atoms with van der Waals surface area (Å²) in [4.78, 5) is 19.9. The number of aliphatic imine (C=N–C) groups is 1. The maximum absolute atomic E-state index is 11.4. The number of piperazine rings is 1. The van der Waals surface area contributed by atoms with Crippen LogP contribution in [-0.2, 0) is 11.2 Å². The normalized spacial score (nSPS) is 15.0. The number of guanidine groups is 1. The standard InChI is InChI=1S/C20H33N5O2.HI/c1-16-5-6-19(27-4)18(15-16)7-8-22-20(21-3)23-9-10-24-11-13-25(14-12-24)17(2)26;/h5-6,15H,7-14H2,1-4H3,(H2,21,22,23);1H. The van der Waals surface area contributed by atoms with Gasteiger partial charge in [0.2, 0.25) is 5.91 Å². The third-order valence-corrected chi connectivity index (χ3v) is 4.88. The van der Waals surface area contributed by atoms with E-state index < -0.39 is 0 Å². The Morgan fingerprint density at radius 3 is 2.46 bits per heavy atom. The Morgan fingerprint density at radius 2 is 1.86 bits per heavy atom. The van der Waals surface area contributed by atoms with E-state index >= 15 is 0 Å². The van der Waals surface area contributed by atoms with Gasteiger partial charge in [0.05, 0.1) is 7.11 Å². The van der Waals surface area contributed by atoms with Gasteiger partial charge in [0, 0.05) is 59.8 Å². The minimum absolute atomic E-state index is 0. The first kappa shape index (κ1) is 24.5. The highest BCUT2D eigenvalue weighted by molar-refractivity contribution is 14.0. The minimum atomic E-state index is 0. The Labute approximate surface area is 185 Å². The van der Waals surface area contributed by atoms with Crippen molar-refractivity contribution in [2.24, 2.45) is 4.99 Å². The van der Waals surface area contributed by atoms with Crippen LogP contribution in [0.1, 0.15) is 18.1 Å². The van der Waals surface area contributed by atoms with Crippen LogP contribution in [0.2, 0.25) is 0 Å². The number of nitrogens with zero attached hydrogens (tertiary/aromatic N) is 3. The Bertz CT molecular complexity index is 645. The van der Waals surface area contributed by atoms with Gasteiger partial charge in [-0.25, -0.2) is 0 Å². The van der Waals surface area contributed by atoms with Crippen LogP contribution in [-0.4, -0.2) is 81.6 Å². The maximum Gasteiger partial charge on any atom is 0.219 e. The lowest BCUT2D eigenvalue weighted by Gasteiger charge is -2.34. The molecule has 1 aromatic carbocycles.